The van der Waals surface area contributed by atoms with Crippen molar-refractivity contribution < 1.29 is 0 Å². The molecule has 3 heteroatoms. The molecule has 17 heavy (non-hydrogen) atoms. The molecule has 1 unspecified atom stereocenters. The summed E-state index contributed by atoms with van der Waals surface area (Å²) < 4.78 is 2.23. The number of aryl methyl sites for hydroxylation is 1. The van der Waals surface area contributed by atoms with E-state index in [1.807, 2.05) is 13.2 Å². The molecule has 2 rings (SSSR count). The van der Waals surface area contributed by atoms with Crippen LogP contribution in [0.15, 0.2) is 24.0 Å². The first kappa shape index (κ1) is 12.4. The van der Waals surface area contributed by atoms with Crippen molar-refractivity contribution in [2.24, 2.45) is 0 Å². The number of rotatable bonds is 5. The van der Waals surface area contributed by atoms with Crippen molar-refractivity contribution in [1.82, 2.24) is 14.9 Å². The van der Waals surface area contributed by atoms with Gasteiger partial charge in [0.1, 0.15) is 5.82 Å². The van der Waals surface area contributed by atoms with Gasteiger partial charge in [-0.15, -0.1) is 0 Å². The van der Waals surface area contributed by atoms with Gasteiger partial charge in [0.25, 0.3) is 0 Å². The van der Waals surface area contributed by atoms with Crippen LogP contribution in [0, 0.1) is 0 Å². The van der Waals surface area contributed by atoms with Gasteiger partial charge in [0.05, 0.1) is 6.04 Å². The highest BCUT2D eigenvalue weighted by Crippen LogP contribution is 2.26. The molecule has 1 aliphatic carbocycles. The summed E-state index contributed by atoms with van der Waals surface area (Å²) in [5.41, 5.74) is 1.60. The zero-order chi connectivity index (χ0) is 12.1. The Labute approximate surface area is 104 Å². The van der Waals surface area contributed by atoms with Gasteiger partial charge >= 0.3 is 0 Å². The lowest BCUT2D eigenvalue weighted by atomic mass is 9.94. The van der Waals surface area contributed by atoms with Crippen molar-refractivity contribution >= 4 is 0 Å². The molecule has 94 valence electrons. The predicted octanol–water partition coefficient (Wildman–Crippen LogP) is 3.05. The van der Waals surface area contributed by atoms with Gasteiger partial charge in [-0.05, 0) is 46.1 Å². The van der Waals surface area contributed by atoms with E-state index in [-0.39, 0.29) is 0 Å². The maximum absolute atomic E-state index is 4.50. The van der Waals surface area contributed by atoms with Crippen LogP contribution in [-0.4, -0.2) is 16.6 Å². The summed E-state index contributed by atoms with van der Waals surface area (Å²) >= 11 is 0. The lowest BCUT2D eigenvalue weighted by molar-refractivity contribution is 0.506. The van der Waals surface area contributed by atoms with Crippen LogP contribution in [0.1, 0.15) is 50.9 Å². The second-order valence-corrected chi connectivity index (χ2v) is 4.72. The third-order valence-electron chi connectivity index (χ3n) is 3.60. The molecule has 3 nitrogen and oxygen atoms in total. The van der Waals surface area contributed by atoms with Gasteiger partial charge in [-0.1, -0.05) is 11.6 Å². The average molecular weight is 233 g/mol. The Hall–Kier alpha value is -1.09. The number of aromatic nitrogens is 2. The van der Waals surface area contributed by atoms with Gasteiger partial charge in [0, 0.05) is 18.9 Å². The number of nitrogens with zero attached hydrogens (tertiary/aromatic N) is 2. The molecule has 0 fully saturated rings. The number of imidazole rings is 1. The maximum Gasteiger partial charge on any atom is 0.126 e. The lowest BCUT2D eigenvalue weighted by Crippen LogP contribution is -2.21. The molecule has 0 aliphatic heterocycles. The quantitative estimate of drug-likeness (QED) is 0.792. The van der Waals surface area contributed by atoms with E-state index >= 15 is 0 Å². The second-order valence-electron chi connectivity index (χ2n) is 4.72. The van der Waals surface area contributed by atoms with Crippen molar-refractivity contribution in [3.63, 3.8) is 0 Å². The van der Waals surface area contributed by atoms with E-state index in [2.05, 4.69) is 34.1 Å². The zero-order valence-corrected chi connectivity index (χ0v) is 10.9. The fourth-order valence-corrected chi connectivity index (χ4v) is 2.57. The van der Waals surface area contributed by atoms with Crippen LogP contribution in [0.3, 0.4) is 0 Å². The standard InChI is InChI=1S/C14H23N3/c1-3-17-10-9-16-14(17)13(15-2)11-12-7-5-4-6-8-12/h7,9-10,13,15H,3-6,8,11H2,1-2H3. The highest BCUT2D eigenvalue weighted by Gasteiger charge is 2.17. The fraction of sp³-hybridized carbons (Fsp3) is 0.643. The van der Waals surface area contributed by atoms with Gasteiger partial charge in [-0.2, -0.15) is 0 Å². The summed E-state index contributed by atoms with van der Waals surface area (Å²) in [5, 5.41) is 3.40. The molecule has 1 aromatic rings. The molecule has 0 saturated carbocycles. The van der Waals surface area contributed by atoms with E-state index in [1.165, 1.54) is 31.5 Å². The Morgan fingerprint density at radius 1 is 1.47 bits per heavy atom. The fourth-order valence-electron chi connectivity index (χ4n) is 2.57. The monoisotopic (exact) mass is 233 g/mol. The first-order chi connectivity index (χ1) is 8.35. The smallest absolute Gasteiger partial charge is 0.126 e. The second kappa shape index (κ2) is 6.01. The first-order valence-corrected chi connectivity index (χ1v) is 6.71. The van der Waals surface area contributed by atoms with E-state index in [0.717, 1.165) is 13.0 Å². The molecule has 0 radical (unpaired) electrons. The first-order valence-electron chi connectivity index (χ1n) is 6.71. The summed E-state index contributed by atoms with van der Waals surface area (Å²) in [6.07, 6.45) is 12.7. The summed E-state index contributed by atoms with van der Waals surface area (Å²) in [6.45, 7) is 3.16. The molecule has 0 spiro atoms. The normalized spacial score (nSPS) is 17.9. The third-order valence-corrected chi connectivity index (χ3v) is 3.60. The number of hydrogen-bond donors (Lipinski definition) is 1. The molecule has 1 heterocycles. The Morgan fingerprint density at radius 2 is 2.35 bits per heavy atom. The Balaban J connectivity index is 2.08. The molecular weight excluding hydrogens is 210 g/mol. The average Bonchev–Trinajstić information content (AvgIpc) is 2.85. The maximum atomic E-state index is 4.50. The third kappa shape index (κ3) is 2.97. The Morgan fingerprint density at radius 3 is 3.00 bits per heavy atom. The van der Waals surface area contributed by atoms with E-state index in [1.54, 1.807) is 5.57 Å². The van der Waals surface area contributed by atoms with Crippen molar-refractivity contribution in [2.75, 3.05) is 7.05 Å². The van der Waals surface area contributed by atoms with E-state index in [9.17, 15) is 0 Å². The van der Waals surface area contributed by atoms with E-state index in [4.69, 9.17) is 0 Å². The molecule has 1 atom stereocenters. The molecule has 0 amide bonds. The van der Waals surface area contributed by atoms with Crippen LogP contribution in [0.2, 0.25) is 0 Å². The van der Waals surface area contributed by atoms with Crippen molar-refractivity contribution in [3.05, 3.63) is 29.9 Å². The Bertz CT molecular complexity index is 379. The molecule has 1 N–H and O–H groups in total. The van der Waals surface area contributed by atoms with Gasteiger partial charge in [-0.25, -0.2) is 4.98 Å². The largest absolute Gasteiger partial charge is 0.334 e. The summed E-state index contributed by atoms with van der Waals surface area (Å²) in [5.74, 6) is 1.17. The topological polar surface area (TPSA) is 29.9 Å². The van der Waals surface area contributed by atoms with Gasteiger partial charge in [-0.3, -0.25) is 0 Å². The van der Waals surface area contributed by atoms with Gasteiger partial charge in [0.2, 0.25) is 0 Å². The van der Waals surface area contributed by atoms with Gasteiger partial charge < -0.3 is 9.88 Å². The van der Waals surface area contributed by atoms with Crippen LogP contribution >= 0.6 is 0 Å². The molecule has 1 aliphatic rings. The SMILES string of the molecule is CCn1ccnc1C(CC1=CCCCC1)NC. The van der Waals surface area contributed by atoms with Crippen LogP contribution in [-0.2, 0) is 6.54 Å². The summed E-state index contributed by atoms with van der Waals surface area (Å²) in [6, 6.07) is 0.356. The minimum Gasteiger partial charge on any atom is -0.334 e. The summed E-state index contributed by atoms with van der Waals surface area (Å²) in [4.78, 5) is 4.50. The highest BCUT2D eigenvalue weighted by molar-refractivity contribution is 5.11. The molecule has 0 aromatic carbocycles. The summed E-state index contributed by atoms with van der Waals surface area (Å²) in [7, 11) is 2.03. The van der Waals surface area contributed by atoms with Gasteiger partial charge in [0.15, 0.2) is 0 Å². The van der Waals surface area contributed by atoms with Crippen LogP contribution < -0.4 is 5.32 Å². The molecular formula is C14H23N3. The van der Waals surface area contributed by atoms with Crippen molar-refractivity contribution in [3.8, 4) is 0 Å². The van der Waals surface area contributed by atoms with Crippen LogP contribution in [0.25, 0.3) is 0 Å². The van der Waals surface area contributed by atoms with E-state index < -0.39 is 0 Å². The predicted molar refractivity (Wildman–Crippen MR) is 70.9 cm³/mol. The molecule has 0 saturated heterocycles. The number of allylic oxidation sites excluding steroid dienone is 1. The minimum atomic E-state index is 0.356. The number of nitrogens with one attached hydrogen (secondary N) is 1. The minimum absolute atomic E-state index is 0.356. The van der Waals surface area contributed by atoms with E-state index in [0.29, 0.717) is 6.04 Å². The molecule has 1 aromatic heterocycles. The van der Waals surface area contributed by atoms with Crippen molar-refractivity contribution in [1.29, 1.82) is 0 Å². The number of hydrogen-bond acceptors (Lipinski definition) is 2. The highest BCUT2D eigenvalue weighted by atomic mass is 15.1. The zero-order valence-electron chi connectivity index (χ0n) is 10.9. The van der Waals surface area contributed by atoms with Crippen LogP contribution in [0.5, 0.6) is 0 Å². The lowest BCUT2D eigenvalue weighted by Gasteiger charge is -2.20. The Kier molecular flexibility index (Phi) is 4.37. The van der Waals surface area contributed by atoms with Crippen molar-refractivity contribution in [2.45, 2.75) is 51.6 Å². The molecule has 0 bridgehead atoms. The van der Waals surface area contributed by atoms with Crippen LogP contribution in [0.4, 0.5) is 0 Å².